The number of aryl methyl sites for hydroxylation is 2. The molecule has 0 aliphatic rings. The van der Waals surface area contributed by atoms with Crippen LogP contribution in [0.15, 0.2) is 36.5 Å². The van der Waals surface area contributed by atoms with Crippen molar-refractivity contribution in [1.82, 2.24) is 9.38 Å². The molecule has 0 saturated heterocycles. The number of nitrogens with zero attached hydrogens (tertiary/aromatic N) is 2. The maximum absolute atomic E-state index is 12.8. The Hall–Kier alpha value is -3.02. The standard InChI is InChI=1S/C18H19N3O3/c1-11-12(2)21-10-6-7-13(17(21)19-11)20-18(22)16-14(23-3)8-5-9-15(16)24-4/h5-10H,1-4H3,(H,20,22). The van der Waals surface area contributed by atoms with Gasteiger partial charge in [0, 0.05) is 11.9 Å². The molecule has 0 bridgehead atoms. The molecule has 0 fully saturated rings. The number of aromatic nitrogens is 2. The van der Waals surface area contributed by atoms with Crippen molar-refractivity contribution in [1.29, 1.82) is 0 Å². The van der Waals surface area contributed by atoms with Crippen LogP contribution in [0.3, 0.4) is 0 Å². The van der Waals surface area contributed by atoms with Gasteiger partial charge in [0.05, 0.1) is 25.6 Å². The molecule has 2 heterocycles. The molecule has 0 saturated carbocycles. The third-order valence-corrected chi connectivity index (χ3v) is 4.03. The summed E-state index contributed by atoms with van der Waals surface area (Å²) in [7, 11) is 3.04. The minimum Gasteiger partial charge on any atom is -0.496 e. The predicted octanol–water partition coefficient (Wildman–Crippen LogP) is 3.22. The topological polar surface area (TPSA) is 64.9 Å². The smallest absolute Gasteiger partial charge is 0.263 e. The van der Waals surface area contributed by atoms with E-state index in [-0.39, 0.29) is 5.91 Å². The number of fused-ring (bicyclic) bond motifs is 1. The first-order chi connectivity index (χ1) is 11.6. The molecule has 0 aliphatic carbocycles. The summed E-state index contributed by atoms with van der Waals surface area (Å²) in [5.74, 6) is 0.597. The number of amides is 1. The van der Waals surface area contributed by atoms with Gasteiger partial charge in [0.2, 0.25) is 0 Å². The van der Waals surface area contributed by atoms with E-state index in [0.29, 0.717) is 28.4 Å². The van der Waals surface area contributed by atoms with Gasteiger partial charge in [-0.15, -0.1) is 0 Å². The zero-order chi connectivity index (χ0) is 17.3. The molecule has 1 N–H and O–H groups in total. The summed E-state index contributed by atoms with van der Waals surface area (Å²) in [6.07, 6.45) is 1.92. The molecule has 6 nitrogen and oxygen atoms in total. The minimum absolute atomic E-state index is 0.310. The Bertz CT molecular complexity index is 893. The first-order valence-electron chi connectivity index (χ1n) is 7.53. The third kappa shape index (κ3) is 2.56. The molecular weight excluding hydrogens is 306 g/mol. The SMILES string of the molecule is COc1cccc(OC)c1C(=O)Nc1cccn2c(C)c(C)nc12. The summed E-state index contributed by atoms with van der Waals surface area (Å²) in [5.41, 5.74) is 3.65. The Morgan fingerprint density at radius 3 is 2.38 bits per heavy atom. The van der Waals surface area contributed by atoms with Crippen LogP contribution in [0.25, 0.3) is 5.65 Å². The van der Waals surface area contributed by atoms with Crippen molar-refractivity contribution in [3.63, 3.8) is 0 Å². The predicted molar refractivity (Wildman–Crippen MR) is 92.2 cm³/mol. The Balaban J connectivity index is 2.04. The second kappa shape index (κ2) is 6.23. The van der Waals surface area contributed by atoms with Crippen molar-refractivity contribution in [3.8, 4) is 11.5 Å². The van der Waals surface area contributed by atoms with E-state index < -0.39 is 0 Å². The van der Waals surface area contributed by atoms with Crippen molar-refractivity contribution in [3.05, 3.63) is 53.5 Å². The minimum atomic E-state index is -0.310. The number of pyridine rings is 1. The molecule has 24 heavy (non-hydrogen) atoms. The van der Waals surface area contributed by atoms with E-state index >= 15 is 0 Å². The van der Waals surface area contributed by atoms with Crippen LogP contribution >= 0.6 is 0 Å². The third-order valence-electron chi connectivity index (χ3n) is 4.03. The summed E-state index contributed by atoms with van der Waals surface area (Å²) >= 11 is 0. The Morgan fingerprint density at radius 2 is 1.75 bits per heavy atom. The zero-order valence-corrected chi connectivity index (χ0v) is 14.1. The first-order valence-corrected chi connectivity index (χ1v) is 7.53. The molecule has 0 aliphatic heterocycles. The summed E-state index contributed by atoms with van der Waals surface area (Å²) < 4.78 is 12.5. The highest BCUT2D eigenvalue weighted by atomic mass is 16.5. The number of benzene rings is 1. The van der Waals surface area contributed by atoms with Gasteiger partial charge < -0.3 is 19.2 Å². The van der Waals surface area contributed by atoms with E-state index in [4.69, 9.17) is 9.47 Å². The summed E-state index contributed by atoms with van der Waals surface area (Å²) in [5, 5.41) is 2.91. The van der Waals surface area contributed by atoms with Crippen LogP contribution in [-0.4, -0.2) is 29.5 Å². The van der Waals surface area contributed by atoms with Gasteiger partial charge in [0.1, 0.15) is 17.1 Å². The Labute approximate surface area is 140 Å². The van der Waals surface area contributed by atoms with Gasteiger partial charge in [-0.2, -0.15) is 0 Å². The van der Waals surface area contributed by atoms with Crippen LogP contribution in [0.2, 0.25) is 0 Å². The highest BCUT2D eigenvalue weighted by Crippen LogP contribution is 2.29. The molecule has 3 aromatic rings. The number of methoxy groups -OCH3 is 2. The van der Waals surface area contributed by atoms with Gasteiger partial charge in [-0.05, 0) is 38.1 Å². The summed E-state index contributed by atoms with van der Waals surface area (Å²) in [4.78, 5) is 17.3. The fourth-order valence-electron chi connectivity index (χ4n) is 2.66. The normalized spacial score (nSPS) is 10.7. The lowest BCUT2D eigenvalue weighted by Crippen LogP contribution is -2.15. The summed E-state index contributed by atoms with van der Waals surface area (Å²) in [6.45, 7) is 3.93. The van der Waals surface area contributed by atoms with Gasteiger partial charge in [0.25, 0.3) is 5.91 Å². The molecule has 0 radical (unpaired) electrons. The van der Waals surface area contributed by atoms with Crippen LogP contribution in [0.5, 0.6) is 11.5 Å². The average Bonchev–Trinajstić information content (AvgIpc) is 2.90. The average molecular weight is 325 g/mol. The number of ether oxygens (including phenoxy) is 2. The number of nitrogens with one attached hydrogen (secondary N) is 1. The largest absolute Gasteiger partial charge is 0.496 e. The second-order valence-corrected chi connectivity index (χ2v) is 5.39. The fourth-order valence-corrected chi connectivity index (χ4v) is 2.66. The molecule has 0 atom stereocenters. The van der Waals surface area contributed by atoms with E-state index in [9.17, 15) is 4.79 Å². The monoisotopic (exact) mass is 325 g/mol. The van der Waals surface area contributed by atoms with Gasteiger partial charge in [0.15, 0.2) is 5.65 Å². The quantitative estimate of drug-likeness (QED) is 0.800. The van der Waals surface area contributed by atoms with Crippen LogP contribution in [0, 0.1) is 13.8 Å². The van der Waals surface area contributed by atoms with Gasteiger partial charge in [-0.3, -0.25) is 4.79 Å². The molecule has 1 aromatic carbocycles. The molecule has 2 aromatic heterocycles. The zero-order valence-electron chi connectivity index (χ0n) is 14.1. The molecule has 1 amide bonds. The number of rotatable bonds is 4. The van der Waals surface area contributed by atoms with Crippen molar-refractivity contribution in [2.24, 2.45) is 0 Å². The van der Waals surface area contributed by atoms with Crippen molar-refractivity contribution in [2.45, 2.75) is 13.8 Å². The first kappa shape index (κ1) is 15.9. The maximum Gasteiger partial charge on any atom is 0.263 e. The molecule has 6 heteroatoms. The highest BCUT2D eigenvalue weighted by Gasteiger charge is 2.19. The number of imidazole rings is 1. The lowest BCUT2D eigenvalue weighted by molar-refractivity contribution is 0.102. The van der Waals surface area contributed by atoms with E-state index in [1.165, 1.54) is 14.2 Å². The number of anilines is 1. The van der Waals surface area contributed by atoms with Crippen LogP contribution in [0.4, 0.5) is 5.69 Å². The molecule has 0 unspecified atom stereocenters. The van der Waals surface area contributed by atoms with Gasteiger partial charge in [-0.25, -0.2) is 4.98 Å². The van der Waals surface area contributed by atoms with E-state index in [0.717, 1.165) is 11.4 Å². The number of hydrogen-bond acceptors (Lipinski definition) is 4. The van der Waals surface area contributed by atoms with Crippen molar-refractivity contribution >= 4 is 17.2 Å². The van der Waals surface area contributed by atoms with Crippen molar-refractivity contribution < 1.29 is 14.3 Å². The number of carbonyl (C=O) groups excluding carboxylic acids is 1. The lowest BCUT2D eigenvalue weighted by atomic mass is 10.1. The Kier molecular flexibility index (Phi) is 4.12. The molecule has 3 rings (SSSR count). The van der Waals surface area contributed by atoms with E-state index in [1.807, 2.05) is 36.6 Å². The lowest BCUT2D eigenvalue weighted by Gasteiger charge is -2.13. The fraction of sp³-hybridized carbons (Fsp3) is 0.222. The second-order valence-electron chi connectivity index (χ2n) is 5.39. The van der Waals surface area contributed by atoms with Gasteiger partial charge >= 0.3 is 0 Å². The van der Waals surface area contributed by atoms with Crippen LogP contribution in [-0.2, 0) is 0 Å². The van der Waals surface area contributed by atoms with E-state index in [2.05, 4.69) is 10.3 Å². The molecular formula is C18H19N3O3. The molecule has 124 valence electrons. The van der Waals surface area contributed by atoms with E-state index in [1.54, 1.807) is 18.2 Å². The van der Waals surface area contributed by atoms with Crippen LogP contribution in [0.1, 0.15) is 21.7 Å². The highest BCUT2D eigenvalue weighted by molar-refractivity contribution is 6.09. The molecule has 0 spiro atoms. The number of carbonyl (C=O) groups is 1. The summed E-state index contributed by atoms with van der Waals surface area (Å²) in [6, 6.07) is 8.91. The van der Waals surface area contributed by atoms with Gasteiger partial charge in [-0.1, -0.05) is 6.07 Å². The maximum atomic E-state index is 12.8. The van der Waals surface area contributed by atoms with Crippen molar-refractivity contribution in [2.75, 3.05) is 19.5 Å². The number of hydrogen-bond donors (Lipinski definition) is 1. The Morgan fingerprint density at radius 1 is 1.08 bits per heavy atom. The van der Waals surface area contributed by atoms with Crippen LogP contribution < -0.4 is 14.8 Å².